The molecule has 0 N–H and O–H groups in total. The fourth-order valence-electron chi connectivity index (χ4n) is 1.67. The summed E-state index contributed by atoms with van der Waals surface area (Å²) >= 11 is 3.43. The molecule has 0 heterocycles. The maximum absolute atomic E-state index is 9.11. The SMILES string of the molecule is CN(c1ccccc1)c1cc(Br)ccc1C#N. The van der Waals surface area contributed by atoms with E-state index in [0.29, 0.717) is 5.56 Å². The molecular weight excluding hydrogens is 276 g/mol. The van der Waals surface area contributed by atoms with Crippen LogP contribution < -0.4 is 4.90 Å². The van der Waals surface area contributed by atoms with Crippen molar-refractivity contribution in [3.05, 3.63) is 58.6 Å². The first-order valence-corrected chi connectivity index (χ1v) is 6.00. The minimum Gasteiger partial charge on any atom is -0.344 e. The zero-order chi connectivity index (χ0) is 12.3. The lowest BCUT2D eigenvalue weighted by Gasteiger charge is -2.20. The molecule has 0 atom stereocenters. The van der Waals surface area contributed by atoms with Crippen LogP contribution in [0.15, 0.2) is 53.0 Å². The van der Waals surface area contributed by atoms with E-state index in [9.17, 15) is 0 Å². The molecule has 0 bridgehead atoms. The highest BCUT2D eigenvalue weighted by Gasteiger charge is 2.09. The van der Waals surface area contributed by atoms with Crippen LogP contribution in [0.5, 0.6) is 0 Å². The molecule has 0 amide bonds. The molecule has 2 rings (SSSR count). The van der Waals surface area contributed by atoms with Crippen molar-refractivity contribution in [3.8, 4) is 6.07 Å². The van der Waals surface area contributed by atoms with Gasteiger partial charge in [-0.15, -0.1) is 0 Å². The second-order valence-electron chi connectivity index (χ2n) is 3.67. The lowest BCUT2D eigenvalue weighted by molar-refractivity contribution is 1.20. The monoisotopic (exact) mass is 286 g/mol. The molecule has 0 aliphatic heterocycles. The van der Waals surface area contributed by atoms with Gasteiger partial charge in [-0.1, -0.05) is 34.1 Å². The Morgan fingerprint density at radius 3 is 2.47 bits per heavy atom. The number of halogens is 1. The molecule has 0 aliphatic rings. The number of nitriles is 1. The maximum Gasteiger partial charge on any atom is 0.101 e. The number of nitrogens with zero attached hydrogens (tertiary/aromatic N) is 2. The second-order valence-corrected chi connectivity index (χ2v) is 4.58. The van der Waals surface area contributed by atoms with Crippen molar-refractivity contribution < 1.29 is 0 Å². The third kappa shape index (κ3) is 2.48. The summed E-state index contributed by atoms with van der Waals surface area (Å²) < 4.78 is 0.967. The van der Waals surface area contributed by atoms with Gasteiger partial charge in [0.1, 0.15) is 6.07 Å². The molecule has 3 heteroatoms. The number of hydrogen-bond acceptors (Lipinski definition) is 2. The summed E-state index contributed by atoms with van der Waals surface area (Å²) in [5.41, 5.74) is 2.62. The molecule has 84 valence electrons. The fraction of sp³-hybridized carbons (Fsp3) is 0.0714. The minimum absolute atomic E-state index is 0.666. The molecule has 0 fully saturated rings. The van der Waals surface area contributed by atoms with Gasteiger partial charge in [0.25, 0.3) is 0 Å². The Balaban J connectivity index is 2.47. The Labute approximate surface area is 109 Å². The molecule has 2 aromatic carbocycles. The molecular formula is C14H11BrN2. The van der Waals surface area contributed by atoms with Gasteiger partial charge in [-0.05, 0) is 30.3 Å². The van der Waals surface area contributed by atoms with E-state index < -0.39 is 0 Å². The zero-order valence-corrected chi connectivity index (χ0v) is 11.0. The number of benzene rings is 2. The van der Waals surface area contributed by atoms with Gasteiger partial charge in [-0.3, -0.25) is 0 Å². The highest BCUT2D eigenvalue weighted by atomic mass is 79.9. The van der Waals surface area contributed by atoms with Crippen molar-refractivity contribution in [3.63, 3.8) is 0 Å². The van der Waals surface area contributed by atoms with Gasteiger partial charge in [0.15, 0.2) is 0 Å². The predicted molar refractivity (Wildman–Crippen MR) is 73.4 cm³/mol. The van der Waals surface area contributed by atoms with E-state index in [1.54, 1.807) is 0 Å². The van der Waals surface area contributed by atoms with Crippen LogP contribution in [0, 0.1) is 11.3 Å². The molecule has 0 unspecified atom stereocenters. The molecule has 17 heavy (non-hydrogen) atoms. The Kier molecular flexibility index (Phi) is 3.46. The van der Waals surface area contributed by atoms with Crippen molar-refractivity contribution in [2.75, 3.05) is 11.9 Å². The van der Waals surface area contributed by atoms with Crippen LogP contribution in [0.3, 0.4) is 0 Å². The van der Waals surface area contributed by atoms with E-state index in [4.69, 9.17) is 5.26 Å². The smallest absolute Gasteiger partial charge is 0.101 e. The van der Waals surface area contributed by atoms with Crippen LogP contribution in [-0.4, -0.2) is 7.05 Å². The molecule has 0 radical (unpaired) electrons. The summed E-state index contributed by atoms with van der Waals surface area (Å²) in [6.45, 7) is 0. The van der Waals surface area contributed by atoms with Crippen molar-refractivity contribution in [1.82, 2.24) is 0 Å². The summed E-state index contributed by atoms with van der Waals surface area (Å²) in [7, 11) is 1.96. The third-order valence-corrected chi connectivity index (χ3v) is 3.08. The Bertz CT molecular complexity index is 558. The Morgan fingerprint density at radius 1 is 1.12 bits per heavy atom. The lowest BCUT2D eigenvalue weighted by Crippen LogP contribution is -2.10. The first kappa shape index (κ1) is 11.7. The van der Waals surface area contributed by atoms with E-state index in [1.807, 2.05) is 60.5 Å². The molecule has 2 nitrogen and oxygen atoms in total. The van der Waals surface area contributed by atoms with Crippen LogP contribution in [0.4, 0.5) is 11.4 Å². The van der Waals surface area contributed by atoms with Gasteiger partial charge < -0.3 is 4.90 Å². The van der Waals surface area contributed by atoms with Crippen molar-refractivity contribution >= 4 is 27.3 Å². The fourth-order valence-corrected chi connectivity index (χ4v) is 2.02. The standard InChI is InChI=1S/C14H11BrN2/c1-17(13-5-3-2-4-6-13)14-9-12(15)8-7-11(14)10-16/h2-9H,1H3. The second kappa shape index (κ2) is 5.03. The normalized spacial score (nSPS) is 9.71. The van der Waals surface area contributed by atoms with Crippen LogP contribution in [0.1, 0.15) is 5.56 Å². The van der Waals surface area contributed by atoms with Crippen molar-refractivity contribution in [2.45, 2.75) is 0 Å². The third-order valence-electron chi connectivity index (χ3n) is 2.59. The first-order valence-electron chi connectivity index (χ1n) is 5.21. The van der Waals surface area contributed by atoms with E-state index in [-0.39, 0.29) is 0 Å². The molecule has 0 aliphatic carbocycles. The van der Waals surface area contributed by atoms with E-state index in [1.165, 1.54) is 0 Å². The average Bonchev–Trinajstić information content (AvgIpc) is 2.39. The quantitative estimate of drug-likeness (QED) is 0.831. The molecule has 0 aromatic heterocycles. The van der Waals surface area contributed by atoms with Crippen LogP contribution in [0.2, 0.25) is 0 Å². The zero-order valence-electron chi connectivity index (χ0n) is 9.39. The highest BCUT2D eigenvalue weighted by Crippen LogP contribution is 2.29. The van der Waals surface area contributed by atoms with Crippen LogP contribution in [0.25, 0.3) is 0 Å². The minimum atomic E-state index is 0.666. The summed E-state index contributed by atoms with van der Waals surface area (Å²) in [5, 5.41) is 9.11. The first-order chi connectivity index (χ1) is 8.22. The summed E-state index contributed by atoms with van der Waals surface area (Å²) in [6.07, 6.45) is 0. The molecule has 0 saturated heterocycles. The predicted octanol–water partition coefficient (Wildman–Crippen LogP) is 4.09. The summed E-state index contributed by atoms with van der Waals surface area (Å²) in [5.74, 6) is 0. The van der Waals surface area contributed by atoms with E-state index in [2.05, 4.69) is 22.0 Å². The van der Waals surface area contributed by atoms with Crippen molar-refractivity contribution in [2.24, 2.45) is 0 Å². The number of anilines is 2. The van der Waals surface area contributed by atoms with Gasteiger partial charge in [-0.25, -0.2) is 0 Å². The highest BCUT2D eigenvalue weighted by molar-refractivity contribution is 9.10. The molecule has 2 aromatic rings. The lowest BCUT2D eigenvalue weighted by atomic mass is 10.1. The van der Waals surface area contributed by atoms with E-state index >= 15 is 0 Å². The number of para-hydroxylation sites is 1. The molecule has 0 saturated carbocycles. The molecule has 0 spiro atoms. The number of rotatable bonds is 2. The number of hydrogen-bond donors (Lipinski definition) is 0. The summed E-state index contributed by atoms with van der Waals surface area (Å²) in [4.78, 5) is 2.00. The maximum atomic E-state index is 9.11. The average molecular weight is 287 g/mol. The van der Waals surface area contributed by atoms with Gasteiger partial charge in [-0.2, -0.15) is 5.26 Å². The summed E-state index contributed by atoms with van der Waals surface area (Å²) in [6, 6.07) is 17.8. The van der Waals surface area contributed by atoms with Gasteiger partial charge in [0, 0.05) is 17.2 Å². The van der Waals surface area contributed by atoms with Gasteiger partial charge in [0.05, 0.1) is 11.3 Å². The van der Waals surface area contributed by atoms with Crippen LogP contribution >= 0.6 is 15.9 Å². The Hall–Kier alpha value is -1.79. The van der Waals surface area contributed by atoms with E-state index in [0.717, 1.165) is 15.8 Å². The van der Waals surface area contributed by atoms with Gasteiger partial charge in [0.2, 0.25) is 0 Å². The van der Waals surface area contributed by atoms with Gasteiger partial charge >= 0.3 is 0 Å². The van der Waals surface area contributed by atoms with Crippen molar-refractivity contribution in [1.29, 1.82) is 5.26 Å². The largest absolute Gasteiger partial charge is 0.344 e. The topological polar surface area (TPSA) is 27.0 Å². The van der Waals surface area contributed by atoms with Crippen LogP contribution in [-0.2, 0) is 0 Å². The Morgan fingerprint density at radius 2 is 1.82 bits per heavy atom.